The van der Waals surface area contributed by atoms with Gasteiger partial charge in [0.15, 0.2) is 5.69 Å². The topological polar surface area (TPSA) is 39.2 Å². The lowest BCUT2D eigenvalue weighted by molar-refractivity contribution is 0.0519. The second kappa shape index (κ2) is 9.20. The van der Waals surface area contributed by atoms with Crippen LogP contribution in [0.2, 0.25) is 0 Å². The van der Waals surface area contributed by atoms with E-state index in [0.29, 0.717) is 11.3 Å². The lowest BCUT2D eigenvalue weighted by atomic mass is 10.1. The molecule has 1 heterocycles. The van der Waals surface area contributed by atoms with Crippen LogP contribution in [-0.2, 0) is 11.2 Å². The van der Waals surface area contributed by atoms with Gasteiger partial charge in [-0.25, -0.2) is 18.6 Å². The molecule has 0 radical (unpaired) electrons. The number of carbonyl (C=O) groups is 1. The van der Waals surface area contributed by atoms with Gasteiger partial charge in [-0.05, 0) is 37.6 Å². The summed E-state index contributed by atoms with van der Waals surface area (Å²) < 4.78 is 32.7. The molecule has 0 aliphatic heterocycles. The van der Waals surface area contributed by atoms with Crippen LogP contribution in [0.4, 0.5) is 8.78 Å². The first-order valence-electron chi connectivity index (χ1n) is 8.06. The third-order valence-corrected chi connectivity index (χ3v) is 4.60. The SMILES string of the molecule is C=CC=CC(=CC)Cc1sc(-c2cc(F)ccc2F)nc1C(=O)OCC. The van der Waals surface area contributed by atoms with E-state index in [2.05, 4.69) is 11.6 Å². The van der Waals surface area contributed by atoms with Gasteiger partial charge in [0.1, 0.15) is 16.6 Å². The molecular weight excluding hydrogens is 356 g/mol. The van der Waals surface area contributed by atoms with Crippen LogP contribution in [-0.4, -0.2) is 17.6 Å². The average Bonchev–Trinajstić information content (AvgIpc) is 3.04. The Hall–Kier alpha value is -2.60. The molecular formula is C20H19F2NO2S. The quantitative estimate of drug-likeness (QED) is 0.474. The predicted octanol–water partition coefficient (Wildman–Crippen LogP) is 5.50. The molecule has 26 heavy (non-hydrogen) atoms. The summed E-state index contributed by atoms with van der Waals surface area (Å²) in [5.41, 5.74) is 1.09. The van der Waals surface area contributed by atoms with Gasteiger partial charge in [-0.3, -0.25) is 0 Å². The molecule has 6 heteroatoms. The number of ether oxygens (including phenoxy) is 1. The van der Waals surface area contributed by atoms with E-state index in [1.807, 2.05) is 19.1 Å². The van der Waals surface area contributed by atoms with Crippen LogP contribution < -0.4 is 0 Å². The van der Waals surface area contributed by atoms with Crippen LogP contribution in [0.1, 0.15) is 29.2 Å². The van der Waals surface area contributed by atoms with Crippen LogP contribution >= 0.6 is 11.3 Å². The Balaban J connectivity index is 2.50. The molecule has 0 spiro atoms. The molecule has 0 aliphatic carbocycles. The number of carbonyl (C=O) groups excluding carboxylic acids is 1. The monoisotopic (exact) mass is 375 g/mol. The van der Waals surface area contributed by atoms with Crippen molar-refractivity contribution in [2.75, 3.05) is 6.61 Å². The van der Waals surface area contributed by atoms with Gasteiger partial charge in [-0.15, -0.1) is 11.3 Å². The van der Waals surface area contributed by atoms with Crippen molar-refractivity contribution in [3.8, 4) is 10.6 Å². The van der Waals surface area contributed by atoms with Gasteiger partial charge in [-0.1, -0.05) is 30.9 Å². The lowest BCUT2D eigenvalue weighted by Gasteiger charge is -2.03. The second-order valence-electron chi connectivity index (χ2n) is 5.27. The number of nitrogens with zero attached hydrogens (tertiary/aromatic N) is 1. The van der Waals surface area contributed by atoms with E-state index < -0.39 is 17.6 Å². The number of hydrogen-bond acceptors (Lipinski definition) is 4. The molecule has 1 aromatic heterocycles. The highest BCUT2D eigenvalue weighted by Gasteiger charge is 2.22. The number of rotatable bonds is 7. The first kappa shape index (κ1) is 19.7. The van der Waals surface area contributed by atoms with Crippen molar-refractivity contribution in [3.63, 3.8) is 0 Å². The van der Waals surface area contributed by atoms with Gasteiger partial charge in [0.05, 0.1) is 6.61 Å². The number of esters is 1. The molecule has 0 saturated heterocycles. The summed E-state index contributed by atoms with van der Waals surface area (Å²) in [6.07, 6.45) is 7.62. The third kappa shape index (κ3) is 4.73. The molecule has 136 valence electrons. The molecule has 0 amide bonds. The summed E-state index contributed by atoms with van der Waals surface area (Å²) in [6.45, 7) is 7.40. The number of aromatic nitrogens is 1. The van der Waals surface area contributed by atoms with Crippen molar-refractivity contribution in [1.82, 2.24) is 4.98 Å². The fraction of sp³-hybridized carbons (Fsp3) is 0.200. The van der Waals surface area contributed by atoms with Crippen molar-refractivity contribution >= 4 is 17.3 Å². The van der Waals surface area contributed by atoms with E-state index in [1.165, 1.54) is 0 Å². The van der Waals surface area contributed by atoms with Crippen molar-refractivity contribution in [2.45, 2.75) is 20.3 Å². The van der Waals surface area contributed by atoms with E-state index in [1.54, 1.807) is 19.1 Å². The third-order valence-electron chi connectivity index (χ3n) is 3.51. The standard InChI is InChI=1S/C20H19F2NO2S/c1-4-7-8-13(5-2)11-17-18(20(24)25-6-3)23-19(26-17)15-12-14(21)9-10-16(15)22/h4-5,7-10,12H,1,6,11H2,2-3H3. The molecule has 2 rings (SSSR count). The molecule has 0 bridgehead atoms. The van der Waals surface area contributed by atoms with Gasteiger partial charge in [-0.2, -0.15) is 0 Å². The normalized spacial score (nSPS) is 11.8. The maximum Gasteiger partial charge on any atom is 0.358 e. The van der Waals surface area contributed by atoms with Crippen LogP contribution in [0.5, 0.6) is 0 Å². The van der Waals surface area contributed by atoms with E-state index >= 15 is 0 Å². The molecule has 1 aromatic carbocycles. The molecule has 0 unspecified atom stereocenters. The molecule has 0 atom stereocenters. The van der Waals surface area contributed by atoms with Gasteiger partial charge >= 0.3 is 5.97 Å². The van der Waals surface area contributed by atoms with Crippen LogP contribution in [0.15, 0.2) is 54.7 Å². The van der Waals surface area contributed by atoms with Crippen molar-refractivity contribution in [3.05, 3.63) is 76.9 Å². The minimum atomic E-state index is -0.597. The zero-order valence-corrected chi connectivity index (χ0v) is 15.4. The Kier molecular flexibility index (Phi) is 6.97. The Morgan fingerprint density at radius 2 is 2.15 bits per heavy atom. The summed E-state index contributed by atoms with van der Waals surface area (Å²) >= 11 is 1.15. The maximum absolute atomic E-state index is 14.1. The average molecular weight is 375 g/mol. The first-order valence-corrected chi connectivity index (χ1v) is 8.88. The largest absolute Gasteiger partial charge is 0.461 e. The predicted molar refractivity (Wildman–Crippen MR) is 100 cm³/mol. The van der Waals surface area contributed by atoms with Crippen LogP contribution in [0.25, 0.3) is 10.6 Å². The summed E-state index contributed by atoms with van der Waals surface area (Å²) in [6, 6.07) is 3.15. The van der Waals surface area contributed by atoms with E-state index in [9.17, 15) is 13.6 Å². The number of benzene rings is 1. The Bertz CT molecular complexity index is 869. The first-order chi connectivity index (χ1) is 12.5. The van der Waals surface area contributed by atoms with Gasteiger partial charge < -0.3 is 4.74 Å². The highest BCUT2D eigenvalue weighted by Crippen LogP contribution is 2.32. The zero-order valence-electron chi connectivity index (χ0n) is 14.6. The number of thiazole rings is 1. The second-order valence-corrected chi connectivity index (χ2v) is 6.35. The Labute approximate surface area is 155 Å². The number of hydrogen-bond donors (Lipinski definition) is 0. The maximum atomic E-state index is 14.1. The summed E-state index contributed by atoms with van der Waals surface area (Å²) in [7, 11) is 0. The Morgan fingerprint density at radius 1 is 1.38 bits per heavy atom. The molecule has 3 nitrogen and oxygen atoms in total. The van der Waals surface area contributed by atoms with Crippen molar-refractivity contribution < 1.29 is 18.3 Å². The molecule has 0 aliphatic rings. The van der Waals surface area contributed by atoms with Gasteiger partial charge in [0.2, 0.25) is 0 Å². The molecule has 0 saturated carbocycles. The highest BCUT2D eigenvalue weighted by atomic mass is 32.1. The summed E-state index contributed by atoms with van der Waals surface area (Å²) in [4.78, 5) is 17.1. The van der Waals surface area contributed by atoms with E-state index in [4.69, 9.17) is 4.74 Å². The minimum Gasteiger partial charge on any atom is -0.461 e. The van der Waals surface area contributed by atoms with Gasteiger partial charge in [0, 0.05) is 16.9 Å². The van der Waals surface area contributed by atoms with Crippen molar-refractivity contribution in [2.24, 2.45) is 0 Å². The van der Waals surface area contributed by atoms with Crippen LogP contribution in [0.3, 0.4) is 0 Å². The lowest BCUT2D eigenvalue weighted by Crippen LogP contribution is -2.08. The highest BCUT2D eigenvalue weighted by molar-refractivity contribution is 7.15. The molecule has 0 N–H and O–H groups in total. The fourth-order valence-electron chi connectivity index (χ4n) is 2.24. The Morgan fingerprint density at radius 3 is 2.81 bits per heavy atom. The number of halogens is 2. The zero-order chi connectivity index (χ0) is 19.1. The summed E-state index contributed by atoms with van der Waals surface area (Å²) in [5.74, 6) is -1.75. The van der Waals surface area contributed by atoms with Crippen LogP contribution in [0, 0.1) is 11.6 Å². The van der Waals surface area contributed by atoms with E-state index in [-0.39, 0.29) is 22.9 Å². The fourth-order valence-corrected chi connectivity index (χ4v) is 3.34. The van der Waals surface area contributed by atoms with Gasteiger partial charge in [0.25, 0.3) is 0 Å². The molecule has 2 aromatic rings. The minimum absolute atomic E-state index is 0.0236. The number of allylic oxidation sites excluding steroid dienone is 5. The van der Waals surface area contributed by atoms with E-state index in [0.717, 1.165) is 35.1 Å². The van der Waals surface area contributed by atoms with Crippen molar-refractivity contribution in [1.29, 1.82) is 0 Å². The smallest absolute Gasteiger partial charge is 0.358 e. The molecule has 0 fully saturated rings. The summed E-state index contributed by atoms with van der Waals surface area (Å²) in [5, 5.41) is 0.239.